The minimum absolute atomic E-state index is 0.0327. The van der Waals surface area contributed by atoms with Crippen molar-refractivity contribution in [3.8, 4) is 17.2 Å². The fourth-order valence-corrected chi connectivity index (χ4v) is 3.34. The highest BCUT2D eigenvalue weighted by molar-refractivity contribution is 6.30. The minimum Gasteiger partial charge on any atom is -0.492 e. The molecule has 6 nitrogen and oxygen atoms in total. The number of benzene rings is 2. The third-order valence-electron chi connectivity index (χ3n) is 4.77. The molecule has 0 N–H and O–H groups in total. The number of ether oxygens (including phenoxy) is 3. The van der Waals surface area contributed by atoms with E-state index in [1.807, 2.05) is 29.2 Å². The van der Waals surface area contributed by atoms with Gasteiger partial charge in [0.1, 0.15) is 12.4 Å². The van der Waals surface area contributed by atoms with Gasteiger partial charge in [-0.2, -0.15) is 0 Å². The van der Waals surface area contributed by atoms with Gasteiger partial charge in [0, 0.05) is 43.3 Å². The van der Waals surface area contributed by atoms with Crippen LogP contribution in [0.2, 0.25) is 5.02 Å². The summed E-state index contributed by atoms with van der Waals surface area (Å²) in [6.45, 7) is 4.72. The molecule has 1 amide bonds. The maximum absolute atomic E-state index is 12.7. The lowest BCUT2D eigenvalue weighted by atomic mass is 10.1. The van der Waals surface area contributed by atoms with Crippen molar-refractivity contribution >= 4 is 17.5 Å². The van der Waals surface area contributed by atoms with E-state index < -0.39 is 0 Å². The first kappa shape index (κ1) is 17.9. The number of halogens is 1. The Morgan fingerprint density at radius 1 is 1.00 bits per heavy atom. The number of fused-ring (bicyclic) bond motifs is 1. The number of hydrogen-bond donors (Lipinski definition) is 0. The average Bonchev–Trinajstić information content (AvgIpc) is 3.17. The zero-order valence-electron chi connectivity index (χ0n) is 14.9. The van der Waals surface area contributed by atoms with Gasteiger partial charge in [-0.15, -0.1) is 0 Å². The van der Waals surface area contributed by atoms with Crippen LogP contribution in [0, 0.1) is 0 Å². The fraction of sp³-hybridized carbons (Fsp3) is 0.350. The second-order valence-electron chi connectivity index (χ2n) is 6.50. The molecule has 0 unspecified atom stereocenters. The van der Waals surface area contributed by atoms with Crippen molar-refractivity contribution in [1.29, 1.82) is 0 Å². The highest BCUT2D eigenvalue weighted by Gasteiger charge is 2.24. The van der Waals surface area contributed by atoms with Gasteiger partial charge in [-0.3, -0.25) is 9.69 Å². The summed E-state index contributed by atoms with van der Waals surface area (Å²) in [6, 6.07) is 12.7. The van der Waals surface area contributed by atoms with E-state index in [2.05, 4.69) is 4.90 Å². The van der Waals surface area contributed by atoms with Gasteiger partial charge in [0.05, 0.1) is 0 Å². The molecule has 4 rings (SSSR count). The second-order valence-corrected chi connectivity index (χ2v) is 6.94. The van der Waals surface area contributed by atoms with Gasteiger partial charge in [-0.05, 0) is 42.5 Å². The van der Waals surface area contributed by atoms with E-state index in [9.17, 15) is 4.79 Å². The largest absolute Gasteiger partial charge is 0.492 e. The molecule has 0 atom stereocenters. The SMILES string of the molecule is O=C(c1ccc2c(c1)OCO2)N1CCN(CCOc2ccc(Cl)cc2)CC1. The van der Waals surface area contributed by atoms with Crippen LogP contribution in [0.3, 0.4) is 0 Å². The van der Waals surface area contributed by atoms with E-state index in [4.69, 9.17) is 25.8 Å². The van der Waals surface area contributed by atoms with E-state index in [0.29, 0.717) is 41.8 Å². The van der Waals surface area contributed by atoms with Crippen LogP contribution in [0.1, 0.15) is 10.4 Å². The molecule has 0 spiro atoms. The Morgan fingerprint density at radius 2 is 1.74 bits per heavy atom. The van der Waals surface area contributed by atoms with Gasteiger partial charge in [0.25, 0.3) is 5.91 Å². The summed E-state index contributed by atoms with van der Waals surface area (Å²) in [5.74, 6) is 2.18. The Balaban J connectivity index is 1.23. The van der Waals surface area contributed by atoms with Crippen molar-refractivity contribution in [2.45, 2.75) is 0 Å². The Labute approximate surface area is 163 Å². The van der Waals surface area contributed by atoms with Crippen LogP contribution in [0.4, 0.5) is 0 Å². The van der Waals surface area contributed by atoms with Crippen LogP contribution in [0.5, 0.6) is 17.2 Å². The summed E-state index contributed by atoms with van der Waals surface area (Å²) in [4.78, 5) is 16.9. The number of carbonyl (C=O) groups excluding carboxylic acids is 1. The lowest BCUT2D eigenvalue weighted by molar-refractivity contribution is 0.0620. The Hall–Kier alpha value is -2.44. The number of nitrogens with zero attached hydrogens (tertiary/aromatic N) is 2. The zero-order valence-corrected chi connectivity index (χ0v) is 15.7. The molecule has 2 aromatic rings. The van der Waals surface area contributed by atoms with Crippen molar-refractivity contribution in [3.05, 3.63) is 53.1 Å². The van der Waals surface area contributed by atoms with Crippen molar-refractivity contribution in [2.75, 3.05) is 46.1 Å². The van der Waals surface area contributed by atoms with Gasteiger partial charge in [-0.1, -0.05) is 11.6 Å². The smallest absolute Gasteiger partial charge is 0.254 e. The molecule has 2 aromatic carbocycles. The van der Waals surface area contributed by atoms with Gasteiger partial charge in [0.2, 0.25) is 6.79 Å². The molecule has 0 saturated carbocycles. The van der Waals surface area contributed by atoms with E-state index in [-0.39, 0.29) is 12.7 Å². The summed E-state index contributed by atoms with van der Waals surface area (Å²) >= 11 is 5.87. The molecule has 1 fully saturated rings. The molecule has 0 aliphatic carbocycles. The molecule has 2 aliphatic heterocycles. The first-order chi connectivity index (χ1) is 13.2. The van der Waals surface area contributed by atoms with Gasteiger partial charge in [-0.25, -0.2) is 0 Å². The van der Waals surface area contributed by atoms with Crippen LogP contribution in [-0.2, 0) is 0 Å². The summed E-state index contributed by atoms with van der Waals surface area (Å²) in [5, 5.41) is 0.700. The van der Waals surface area contributed by atoms with E-state index in [0.717, 1.165) is 25.4 Å². The molecule has 142 valence electrons. The van der Waals surface area contributed by atoms with Crippen LogP contribution in [0.25, 0.3) is 0 Å². The van der Waals surface area contributed by atoms with E-state index in [1.54, 1.807) is 18.2 Å². The van der Waals surface area contributed by atoms with Gasteiger partial charge >= 0.3 is 0 Å². The maximum Gasteiger partial charge on any atom is 0.254 e. The average molecular weight is 389 g/mol. The lowest BCUT2D eigenvalue weighted by Gasteiger charge is -2.34. The third kappa shape index (κ3) is 4.28. The number of hydrogen-bond acceptors (Lipinski definition) is 5. The fourth-order valence-electron chi connectivity index (χ4n) is 3.21. The first-order valence-corrected chi connectivity index (χ1v) is 9.36. The highest BCUT2D eigenvalue weighted by Crippen LogP contribution is 2.32. The Kier molecular flexibility index (Phi) is 5.36. The number of amides is 1. The molecule has 2 aliphatic rings. The normalized spacial score (nSPS) is 16.4. The second kappa shape index (κ2) is 8.06. The molecule has 27 heavy (non-hydrogen) atoms. The topological polar surface area (TPSA) is 51.2 Å². The standard InChI is InChI=1S/C20H21ClN2O4/c21-16-2-4-17(5-3-16)25-12-11-22-7-9-23(10-8-22)20(24)15-1-6-18-19(13-15)27-14-26-18/h1-6,13H,7-12,14H2. The molecular weight excluding hydrogens is 368 g/mol. The van der Waals surface area contributed by atoms with E-state index in [1.165, 1.54) is 0 Å². The molecule has 1 saturated heterocycles. The highest BCUT2D eigenvalue weighted by atomic mass is 35.5. The molecule has 0 aromatic heterocycles. The summed E-state index contributed by atoms with van der Waals surface area (Å²) in [5.41, 5.74) is 0.638. The third-order valence-corrected chi connectivity index (χ3v) is 5.02. The first-order valence-electron chi connectivity index (χ1n) is 8.99. The van der Waals surface area contributed by atoms with Gasteiger partial charge < -0.3 is 19.1 Å². The molecule has 0 bridgehead atoms. The van der Waals surface area contributed by atoms with Crippen molar-refractivity contribution in [3.63, 3.8) is 0 Å². The summed E-state index contributed by atoms with van der Waals surface area (Å²) in [6.07, 6.45) is 0. The van der Waals surface area contributed by atoms with Crippen LogP contribution in [-0.4, -0.2) is 61.8 Å². The summed E-state index contributed by atoms with van der Waals surface area (Å²) < 4.78 is 16.4. The molecule has 7 heteroatoms. The van der Waals surface area contributed by atoms with Crippen LogP contribution >= 0.6 is 11.6 Å². The predicted molar refractivity (Wildman–Crippen MR) is 102 cm³/mol. The van der Waals surface area contributed by atoms with Crippen molar-refractivity contribution in [1.82, 2.24) is 9.80 Å². The Morgan fingerprint density at radius 3 is 2.52 bits per heavy atom. The van der Waals surface area contributed by atoms with Crippen molar-refractivity contribution < 1.29 is 19.0 Å². The maximum atomic E-state index is 12.7. The number of piperazine rings is 1. The molecular formula is C20H21ClN2O4. The molecule has 2 heterocycles. The van der Waals surface area contributed by atoms with Crippen molar-refractivity contribution in [2.24, 2.45) is 0 Å². The minimum atomic E-state index is 0.0327. The Bertz CT molecular complexity index is 804. The molecule has 0 radical (unpaired) electrons. The monoisotopic (exact) mass is 388 g/mol. The van der Waals surface area contributed by atoms with Crippen LogP contribution < -0.4 is 14.2 Å². The lowest BCUT2D eigenvalue weighted by Crippen LogP contribution is -2.49. The number of carbonyl (C=O) groups is 1. The predicted octanol–water partition coefficient (Wildman–Crippen LogP) is 2.91. The van der Waals surface area contributed by atoms with E-state index >= 15 is 0 Å². The summed E-state index contributed by atoms with van der Waals surface area (Å²) in [7, 11) is 0. The zero-order chi connectivity index (χ0) is 18.6. The number of rotatable bonds is 5. The quantitative estimate of drug-likeness (QED) is 0.788. The van der Waals surface area contributed by atoms with Crippen LogP contribution in [0.15, 0.2) is 42.5 Å². The van der Waals surface area contributed by atoms with Gasteiger partial charge in [0.15, 0.2) is 11.5 Å².